The van der Waals surface area contributed by atoms with E-state index in [0.29, 0.717) is 12.3 Å². The molecule has 0 saturated heterocycles. The molecular weight excluding hydrogens is 256 g/mol. The van der Waals surface area contributed by atoms with Gasteiger partial charge in [-0.05, 0) is 31.1 Å². The summed E-state index contributed by atoms with van der Waals surface area (Å²) in [5.41, 5.74) is 0. The third kappa shape index (κ3) is 4.98. The Labute approximate surface area is 121 Å². The van der Waals surface area contributed by atoms with Crippen LogP contribution >= 0.6 is 0 Å². The molecular formula is C15H26N2O3. The van der Waals surface area contributed by atoms with Gasteiger partial charge in [0.15, 0.2) is 5.76 Å². The molecule has 0 aliphatic rings. The van der Waals surface area contributed by atoms with Crippen molar-refractivity contribution in [1.29, 1.82) is 0 Å². The third-order valence-electron chi connectivity index (χ3n) is 3.40. The van der Waals surface area contributed by atoms with Gasteiger partial charge in [0.25, 0.3) is 5.91 Å². The van der Waals surface area contributed by atoms with Crippen molar-refractivity contribution in [3.05, 3.63) is 23.7 Å². The molecule has 1 atom stereocenters. The van der Waals surface area contributed by atoms with Crippen LogP contribution in [0.25, 0.3) is 0 Å². The van der Waals surface area contributed by atoms with Gasteiger partial charge >= 0.3 is 0 Å². The molecule has 1 unspecified atom stereocenters. The van der Waals surface area contributed by atoms with E-state index < -0.39 is 6.10 Å². The maximum absolute atomic E-state index is 11.9. The van der Waals surface area contributed by atoms with Crippen LogP contribution in [-0.4, -0.2) is 41.7 Å². The molecule has 0 aliphatic carbocycles. The van der Waals surface area contributed by atoms with Crippen molar-refractivity contribution >= 4 is 5.91 Å². The van der Waals surface area contributed by atoms with E-state index >= 15 is 0 Å². The van der Waals surface area contributed by atoms with E-state index in [2.05, 4.69) is 24.1 Å². The zero-order valence-electron chi connectivity index (χ0n) is 12.8. The molecule has 5 heteroatoms. The van der Waals surface area contributed by atoms with Crippen LogP contribution in [0.2, 0.25) is 0 Å². The van der Waals surface area contributed by atoms with Crippen molar-refractivity contribution in [2.24, 2.45) is 5.92 Å². The molecule has 20 heavy (non-hydrogen) atoms. The minimum atomic E-state index is -0.538. The summed E-state index contributed by atoms with van der Waals surface area (Å²) in [6.45, 7) is 10.8. The standard InChI is InChI=1S/C15H26N2O3/c1-5-17(6-2)10-12-7-8-14(20-12)15(19)16-9-13(18)11(3)4/h7-8,11,13,18H,5-6,9-10H2,1-4H3,(H,16,19). The second kappa shape index (κ2) is 8.07. The van der Waals surface area contributed by atoms with Gasteiger partial charge in [-0.15, -0.1) is 0 Å². The van der Waals surface area contributed by atoms with Crippen molar-refractivity contribution in [1.82, 2.24) is 10.2 Å². The third-order valence-corrected chi connectivity index (χ3v) is 3.40. The van der Waals surface area contributed by atoms with Crippen LogP contribution in [0.4, 0.5) is 0 Å². The molecule has 5 nitrogen and oxygen atoms in total. The van der Waals surface area contributed by atoms with Gasteiger partial charge in [-0.2, -0.15) is 0 Å². The Balaban J connectivity index is 2.51. The maximum Gasteiger partial charge on any atom is 0.287 e. The SMILES string of the molecule is CCN(CC)Cc1ccc(C(=O)NCC(O)C(C)C)o1. The minimum Gasteiger partial charge on any atom is -0.455 e. The van der Waals surface area contributed by atoms with Crippen LogP contribution in [0.1, 0.15) is 44.0 Å². The Morgan fingerprint density at radius 1 is 1.35 bits per heavy atom. The van der Waals surface area contributed by atoms with E-state index in [1.165, 1.54) is 0 Å². The predicted molar refractivity (Wildman–Crippen MR) is 78.5 cm³/mol. The van der Waals surface area contributed by atoms with Gasteiger partial charge < -0.3 is 14.8 Å². The van der Waals surface area contributed by atoms with Crippen molar-refractivity contribution in [2.45, 2.75) is 40.3 Å². The van der Waals surface area contributed by atoms with Crippen LogP contribution in [-0.2, 0) is 6.54 Å². The number of carbonyl (C=O) groups excluding carboxylic acids is 1. The van der Waals surface area contributed by atoms with Crippen LogP contribution in [0.3, 0.4) is 0 Å². The smallest absolute Gasteiger partial charge is 0.287 e. The number of hydrogen-bond acceptors (Lipinski definition) is 4. The molecule has 0 radical (unpaired) electrons. The molecule has 1 aromatic heterocycles. The number of aliphatic hydroxyl groups is 1. The molecule has 0 saturated carbocycles. The molecule has 114 valence electrons. The molecule has 1 amide bonds. The molecule has 0 spiro atoms. The minimum absolute atomic E-state index is 0.116. The fourth-order valence-electron chi connectivity index (χ4n) is 1.77. The first-order valence-corrected chi connectivity index (χ1v) is 7.25. The monoisotopic (exact) mass is 282 g/mol. The highest BCUT2D eigenvalue weighted by Crippen LogP contribution is 2.11. The van der Waals surface area contributed by atoms with Crippen LogP contribution in [0, 0.1) is 5.92 Å². The largest absolute Gasteiger partial charge is 0.455 e. The number of amides is 1. The normalized spacial score (nSPS) is 12.9. The number of carbonyl (C=O) groups is 1. The molecule has 1 aromatic rings. The zero-order chi connectivity index (χ0) is 15.1. The zero-order valence-corrected chi connectivity index (χ0v) is 12.8. The van der Waals surface area contributed by atoms with Crippen molar-refractivity contribution in [3.8, 4) is 0 Å². The second-order valence-electron chi connectivity index (χ2n) is 5.25. The van der Waals surface area contributed by atoms with Crippen LogP contribution in [0.15, 0.2) is 16.5 Å². The highest BCUT2D eigenvalue weighted by molar-refractivity contribution is 5.91. The van der Waals surface area contributed by atoms with E-state index in [4.69, 9.17) is 4.42 Å². The summed E-state index contributed by atoms with van der Waals surface area (Å²) in [6, 6.07) is 3.50. The summed E-state index contributed by atoms with van der Waals surface area (Å²) in [6.07, 6.45) is -0.538. The molecule has 2 N–H and O–H groups in total. The topological polar surface area (TPSA) is 65.7 Å². The number of rotatable bonds is 8. The number of hydrogen-bond donors (Lipinski definition) is 2. The van der Waals surface area contributed by atoms with Gasteiger partial charge in [0.2, 0.25) is 0 Å². The lowest BCUT2D eigenvalue weighted by Gasteiger charge is -2.16. The van der Waals surface area contributed by atoms with E-state index in [9.17, 15) is 9.90 Å². The Hall–Kier alpha value is -1.33. The fraction of sp³-hybridized carbons (Fsp3) is 0.667. The summed E-state index contributed by atoms with van der Waals surface area (Å²) in [4.78, 5) is 14.1. The molecule has 1 rings (SSSR count). The Morgan fingerprint density at radius 3 is 2.55 bits per heavy atom. The molecule has 0 fully saturated rings. The first kappa shape index (κ1) is 16.7. The maximum atomic E-state index is 11.9. The van der Waals surface area contributed by atoms with Crippen molar-refractivity contribution in [2.75, 3.05) is 19.6 Å². The van der Waals surface area contributed by atoms with Crippen LogP contribution < -0.4 is 5.32 Å². The average molecular weight is 282 g/mol. The Kier molecular flexibility index (Phi) is 6.75. The predicted octanol–water partition coefficient (Wildman–Crippen LogP) is 1.87. The summed E-state index contributed by atoms with van der Waals surface area (Å²) in [7, 11) is 0. The number of furan rings is 1. The van der Waals surface area contributed by atoms with Gasteiger partial charge in [-0.3, -0.25) is 9.69 Å². The number of aliphatic hydroxyl groups excluding tert-OH is 1. The first-order valence-electron chi connectivity index (χ1n) is 7.25. The summed E-state index contributed by atoms with van der Waals surface area (Å²) in [5, 5.41) is 12.3. The van der Waals surface area contributed by atoms with Gasteiger partial charge in [-0.25, -0.2) is 0 Å². The highest BCUT2D eigenvalue weighted by atomic mass is 16.4. The van der Waals surface area contributed by atoms with E-state index in [1.54, 1.807) is 6.07 Å². The summed E-state index contributed by atoms with van der Waals surface area (Å²) < 4.78 is 5.54. The lowest BCUT2D eigenvalue weighted by atomic mass is 10.1. The lowest BCUT2D eigenvalue weighted by molar-refractivity contribution is 0.0843. The highest BCUT2D eigenvalue weighted by Gasteiger charge is 2.15. The van der Waals surface area contributed by atoms with Crippen molar-refractivity contribution in [3.63, 3.8) is 0 Å². The molecule has 0 bridgehead atoms. The second-order valence-corrected chi connectivity index (χ2v) is 5.25. The van der Waals surface area contributed by atoms with E-state index in [-0.39, 0.29) is 18.4 Å². The van der Waals surface area contributed by atoms with Gasteiger partial charge in [-0.1, -0.05) is 27.7 Å². The summed E-state index contributed by atoms with van der Waals surface area (Å²) >= 11 is 0. The Morgan fingerprint density at radius 2 is 2.00 bits per heavy atom. The van der Waals surface area contributed by atoms with Crippen molar-refractivity contribution < 1.29 is 14.3 Å². The van der Waals surface area contributed by atoms with Gasteiger partial charge in [0.1, 0.15) is 5.76 Å². The number of nitrogens with one attached hydrogen (secondary N) is 1. The Bertz CT molecular complexity index is 411. The number of nitrogens with zero attached hydrogens (tertiary/aromatic N) is 1. The molecule has 0 aliphatic heterocycles. The van der Waals surface area contributed by atoms with Crippen LogP contribution in [0.5, 0.6) is 0 Å². The molecule has 1 heterocycles. The molecule has 0 aromatic carbocycles. The van der Waals surface area contributed by atoms with Gasteiger partial charge in [0, 0.05) is 6.54 Å². The average Bonchev–Trinajstić information content (AvgIpc) is 2.90. The first-order chi connectivity index (χ1) is 9.47. The fourth-order valence-corrected chi connectivity index (χ4v) is 1.77. The summed E-state index contributed by atoms with van der Waals surface area (Å²) in [5.74, 6) is 0.909. The quantitative estimate of drug-likeness (QED) is 0.764. The lowest BCUT2D eigenvalue weighted by Crippen LogP contribution is -2.34. The van der Waals surface area contributed by atoms with Gasteiger partial charge in [0.05, 0.1) is 12.6 Å². The van der Waals surface area contributed by atoms with E-state index in [1.807, 2.05) is 19.9 Å². The van der Waals surface area contributed by atoms with E-state index in [0.717, 1.165) is 18.8 Å².